The molecule has 1 amide bonds. The maximum atomic E-state index is 13.5. The Bertz CT molecular complexity index is 1250. The number of methoxy groups -OCH3 is 1. The second kappa shape index (κ2) is 12.3. The van der Waals surface area contributed by atoms with Crippen LogP contribution in [0.5, 0.6) is 5.75 Å². The van der Waals surface area contributed by atoms with Crippen LogP contribution in [0.15, 0.2) is 24.5 Å². The summed E-state index contributed by atoms with van der Waals surface area (Å²) in [6.07, 6.45) is 4.24. The predicted octanol–water partition coefficient (Wildman–Crippen LogP) is 4.85. The molecule has 2 aromatic heterocycles. The number of hydrogen-bond acceptors (Lipinski definition) is 8. The number of rotatable bonds is 6. The Labute approximate surface area is 218 Å². The Kier molecular flexibility index (Phi) is 8.84. The molecule has 1 saturated heterocycles. The lowest BCUT2D eigenvalue weighted by Crippen LogP contribution is -2.29. The zero-order chi connectivity index (χ0) is 26.4. The van der Waals surface area contributed by atoms with Gasteiger partial charge in [-0.2, -0.15) is 0 Å². The molecule has 1 saturated carbocycles. The zero-order valence-corrected chi connectivity index (χ0v) is 21.1. The molecule has 0 atom stereocenters. The van der Waals surface area contributed by atoms with Crippen molar-refractivity contribution in [2.45, 2.75) is 38.5 Å². The highest BCUT2D eigenvalue weighted by molar-refractivity contribution is 8.26. The molecule has 1 aliphatic heterocycles. The predicted molar refractivity (Wildman–Crippen MR) is 137 cm³/mol. The molecule has 2 aliphatic rings. The van der Waals surface area contributed by atoms with Gasteiger partial charge in [0.1, 0.15) is 16.5 Å². The summed E-state index contributed by atoms with van der Waals surface area (Å²) in [4.78, 5) is 21.4. The molecule has 4 rings (SSSR count). The van der Waals surface area contributed by atoms with Crippen LogP contribution in [0.1, 0.15) is 53.9 Å². The number of nitrogens with one attached hydrogen (secondary N) is 3. The van der Waals surface area contributed by atoms with Gasteiger partial charge in [-0.3, -0.25) is 25.6 Å². The Morgan fingerprint density at radius 3 is 2.62 bits per heavy atom. The van der Waals surface area contributed by atoms with Crippen molar-refractivity contribution >= 4 is 27.9 Å². The fourth-order valence-corrected chi connectivity index (χ4v) is 4.39. The monoisotopic (exact) mass is 527 g/mol. The van der Waals surface area contributed by atoms with E-state index in [1.165, 1.54) is 25.6 Å². The van der Waals surface area contributed by atoms with Crippen LogP contribution < -0.4 is 10.1 Å². The summed E-state index contributed by atoms with van der Waals surface area (Å²) in [7, 11) is 1.40. The van der Waals surface area contributed by atoms with E-state index >= 15 is 0 Å². The van der Waals surface area contributed by atoms with Crippen molar-refractivity contribution in [1.82, 2.24) is 15.3 Å². The van der Waals surface area contributed by atoms with Gasteiger partial charge in [0.2, 0.25) is 0 Å². The van der Waals surface area contributed by atoms with Crippen LogP contribution >= 0.6 is 11.8 Å². The lowest BCUT2D eigenvalue weighted by Gasteiger charge is -2.22. The fourth-order valence-electron chi connectivity index (χ4n) is 3.93. The summed E-state index contributed by atoms with van der Waals surface area (Å²) >= 11 is 0.729. The average molecular weight is 528 g/mol. The van der Waals surface area contributed by atoms with Gasteiger partial charge in [0.25, 0.3) is 12.3 Å². The van der Waals surface area contributed by atoms with Crippen molar-refractivity contribution in [3.63, 3.8) is 0 Å². The van der Waals surface area contributed by atoms with Crippen LogP contribution in [-0.4, -0.2) is 46.4 Å². The van der Waals surface area contributed by atoms with Crippen molar-refractivity contribution < 1.29 is 23.0 Å². The first-order valence-corrected chi connectivity index (χ1v) is 12.7. The van der Waals surface area contributed by atoms with Gasteiger partial charge in [0, 0.05) is 42.1 Å². The number of amides is 1. The molecule has 3 heterocycles. The highest BCUT2D eigenvalue weighted by atomic mass is 32.2. The minimum Gasteiger partial charge on any atom is -0.494 e. The van der Waals surface area contributed by atoms with E-state index in [0.717, 1.165) is 37.4 Å². The molecule has 1 aliphatic carbocycles. The second-order valence-corrected chi connectivity index (χ2v) is 9.87. The number of aromatic nitrogens is 2. The number of halogens is 2. The maximum Gasteiger partial charge on any atom is 0.280 e. The first-order chi connectivity index (χ1) is 17.8. The molecular weight excluding hydrogens is 500 g/mol. The molecule has 0 bridgehead atoms. The maximum absolute atomic E-state index is 13.5. The van der Waals surface area contributed by atoms with Crippen LogP contribution in [0.25, 0.3) is 11.1 Å². The van der Waals surface area contributed by atoms with Gasteiger partial charge in [-0.25, -0.2) is 8.78 Å². The van der Waals surface area contributed by atoms with Gasteiger partial charge in [-0.1, -0.05) is 5.92 Å². The number of amidine groups is 1. The van der Waals surface area contributed by atoms with Gasteiger partial charge >= 0.3 is 0 Å². The summed E-state index contributed by atoms with van der Waals surface area (Å²) in [5, 5.41) is 18.2. The lowest BCUT2D eigenvalue weighted by molar-refractivity contribution is 0.0663. The number of nitrogens with zero attached hydrogens (tertiary/aromatic N) is 2. The van der Waals surface area contributed by atoms with Crippen molar-refractivity contribution in [3.05, 3.63) is 41.5 Å². The topological polar surface area (TPSA) is 121 Å². The van der Waals surface area contributed by atoms with E-state index in [4.69, 9.17) is 20.3 Å². The van der Waals surface area contributed by atoms with Crippen LogP contribution in [0.3, 0.4) is 0 Å². The van der Waals surface area contributed by atoms with Gasteiger partial charge in [-0.15, -0.1) is 0 Å². The molecule has 2 fully saturated rings. The van der Waals surface area contributed by atoms with E-state index in [-0.39, 0.29) is 27.1 Å². The molecule has 194 valence electrons. The molecule has 0 unspecified atom stereocenters. The third-order valence-corrected chi connectivity index (χ3v) is 6.68. The van der Waals surface area contributed by atoms with Crippen LogP contribution in [0.4, 0.5) is 8.78 Å². The molecule has 11 heteroatoms. The first-order valence-electron chi connectivity index (χ1n) is 11.9. The Morgan fingerprint density at radius 2 is 1.95 bits per heavy atom. The highest BCUT2D eigenvalue weighted by Crippen LogP contribution is 2.35. The Balaban J connectivity index is 1.63. The largest absolute Gasteiger partial charge is 0.494 e. The van der Waals surface area contributed by atoms with Crippen LogP contribution in [-0.2, 0) is 11.2 Å². The number of pyridine rings is 2. The Morgan fingerprint density at radius 1 is 1.19 bits per heavy atom. The summed E-state index contributed by atoms with van der Waals surface area (Å²) in [6, 6.07) is 2.91. The Hall–Kier alpha value is -3.36. The normalized spacial score (nSPS) is 15.6. The van der Waals surface area contributed by atoms with Gasteiger partial charge in [0.15, 0.2) is 5.17 Å². The number of alkyl halides is 2. The van der Waals surface area contributed by atoms with E-state index in [1.54, 1.807) is 6.07 Å². The standard InChI is InChI=1S/C26H27F2N5O3S/c1-35-22-14-32-21(24(27)28)12-19(22)18-11-17(10-16-6-8-36-9-7-16)31-13-20(18)25(34)33-26(30)37-23(29)5-4-15-2-3-15/h11-16,24,29H,2-3,6-10H2,1H3,(H2,30,33,34). The van der Waals surface area contributed by atoms with E-state index in [2.05, 4.69) is 27.1 Å². The van der Waals surface area contributed by atoms with Crippen LogP contribution in [0, 0.1) is 34.5 Å². The van der Waals surface area contributed by atoms with Gasteiger partial charge in [-0.05, 0) is 67.8 Å². The SMILES string of the molecule is COc1cnc(C(F)F)cc1-c1cc(CC2CCOCC2)ncc1C(=O)NC(=N)SC(=N)C#CC1CC1. The lowest BCUT2D eigenvalue weighted by atomic mass is 9.92. The van der Waals surface area contributed by atoms with E-state index < -0.39 is 18.0 Å². The number of carbonyl (C=O) groups is 1. The number of thioether (sulfide) groups is 1. The third-order valence-electron chi connectivity index (χ3n) is 6.06. The van der Waals surface area contributed by atoms with Crippen molar-refractivity contribution in [2.24, 2.45) is 11.8 Å². The minimum atomic E-state index is -2.81. The molecule has 0 radical (unpaired) electrons. The second-order valence-electron chi connectivity index (χ2n) is 8.85. The highest BCUT2D eigenvalue weighted by Gasteiger charge is 2.23. The summed E-state index contributed by atoms with van der Waals surface area (Å²) in [6.45, 7) is 1.35. The van der Waals surface area contributed by atoms with E-state index in [0.29, 0.717) is 42.7 Å². The number of ether oxygens (including phenoxy) is 2. The summed E-state index contributed by atoms with van der Waals surface area (Å²) < 4.78 is 37.8. The smallest absolute Gasteiger partial charge is 0.280 e. The minimum absolute atomic E-state index is 0.0419. The van der Waals surface area contributed by atoms with Crippen molar-refractivity contribution in [2.75, 3.05) is 20.3 Å². The van der Waals surface area contributed by atoms with Gasteiger partial charge in [0.05, 0.1) is 18.9 Å². The quantitative estimate of drug-likeness (QED) is 0.281. The third kappa shape index (κ3) is 7.33. The molecule has 0 aromatic carbocycles. The molecule has 0 spiro atoms. The number of hydrogen-bond donors (Lipinski definition) is 3. The average Bonchev–Trinajstić information content (AvgIpc) is 3.72. The molecule has 37 heavy (non-hydrogen) atoms. The molecule has 8 nitrogen and oxygen atoms in total. The molecule has 2 aromatic rings. The fraction of sp³-hybridized carbons (Fsp3) is 0.423. The molecule has 3 N–H and O–H groups in total. The molecular formula is C26H27F2N5O3S. The van der Waals surface area contributed by atoms with E-state index in [9.17, 15) is 13.6 Å². The number of carbonyl (C=O) groups excluding carboxylic acids is 1. The zero-order valence-electron chi connectivity index (χ0n) is 20.3. The first kappa shape index (κ1) is 26.7. The van der Waals surface area contributed by atoms with Crippen molar-refractivity contribution in [3.8, 4) is 28.7 Å². The van der Waals surface area contributed by atoms with Crippen molar-refractivity contribution in [1.29, 1.82) is 10.8 Å². The summed E-state index contributed by atoms with van der Waals surface area (Å²) in [5.41, 5.74) is 0.961. The van der Waals surface area contributed by atoms with E-state index in [1.807, 2.05) is 0 Å². The van der Waals surface area contributed by atoms with Crippen LogP contribution in [0.2, 0.25) is 0 Å². The summed E-state index contributed by atoms with van der Waals surface area (Å²) in [5.74, 6) is 5.87. The van der Waals surface area contributed by atoms with Gasteiger partial charge < -0.3 is 14.8 Å².